The van der Waals surface area contributed by atoms with Crippen molar-refractivity contribution in [3.63, 3.8) is 0 Å². The highest BCUT2D eigenvalue weighted by Gasteiger charge is 2.35. The van der Waals surface area contributed by atoms with Crippen molar-refractivity contribution in [3.05, 3.63) is 131 Å². The zero-order chi connectivity index (χ0) is 27.5. The number of rotatable bonds is 7. The number of nitrogens with zero attached hydrogens (tertiary/aromatic N) is 3. The molecule has 1 aliphatic rings. The van der Waals surface area contributed by atoms with Gasteiger partial charge >= 0.3 is 5.97 Å². The highest BCUT2D eigenvalue weighted by molar-refractivity contribution is 7.07. The number of non-ortho nitro benzene ring substituents is 1. The summed E-state index contributed by atoms with van der Waals surface area (Å²) in [7, 11) is 1.56. The van der Waals surface area contributed by atoms with Gasteiger partial charge in [-0.3, -0.25) is 19.5 Å². The molecular formula is C29H23N3O6S. The van der Waals surface area contributed by atoms with Crippen LogP contribution in [0, 0.1) is 10.1 Å². The molecule has 1 aliphatic heterocycles. The van der Waals surface area contributed by atoms with Crippen LogP contribution >= 0.6 is 11.3 Å². The highest BCUT2D eigenvalue weighted by Crippen LogP contribution is 2.35. The van der Waals surface area contributed by atoms with Gasteiger partial charge in [-0.2, -0.15) is 0 Å². The van der Waals surface area contributed by atoms with Crippen molar-refractivity contribution in [2.45, 2.75) is 13.0 Å². The number of benzene rings is 3. The molecule has 1 atom stereocenters. The maximum atomic E-state index is 13.8. The first kappa shape index (κ1) is 25.8. The van der Waals surface area contributed by atoms with Crippen molar-refractivity contribution >= 4 is 34.8 Å². The standard InChI is InChI=1S/C29H23N3O6S/c1-3-38-28(34)24-25(19-7-5-4-6-8-19)30-29-31(26(24)20-11-15-22(37-2)16-12-20)27(33)23(39-29)17-18-9-13-21(14-10-18)32(35)36/h4-17,26H,3H2,1-2H3/b23-17-/t26-/m1/s1. The highest BCUT2D eigenvalue weighted by atomic mass is 32.1. The zero-order valence-corrected chi connectivity index (χ0v) is 21.9. The quantitative estimate of drug-likeness (QED) is 0.200. The first-order valence-electron chi connectivity index (χ1n) is 12.1. The summed E-state index contributed by atoms with van der Waals surface area (Å²) < 4.78 is 12.6. The minimum Gasteiger partial charge on any atom is -0.497 e. The monoisotopic (exact) mass is 541 g/mol. The number of fused-ring (bicyclic) bond motifs is 1. The number of methoxy groups -OCH3 is 1. The Morgan fingerprint density at radius 1 is 1.08 bits per heavy atom. The van der Waals surface area contributed by atoms with Gasteiger partial charge in [0, 0.05) is 17.7 Å². The molecule has 0 saturated heterocycles. The van der Waals surface area contributed by atoms with Gasteiger partial charge < -0.3 is 9.47 Å². The minimum atomic E-state index is -0.805. The van der Waals surface area contributed by atoms with Crippen molar-refractivity contribution in [3.8, 4) is 5.75 Å². The van der Waals surface area contributed by atoms with Gasteiger partial charge in [0.25, 0.3) is 11.2 Å². The normalized spacial score (nSPS) is 14.9. The summed E-state index contributed by atoms with van der Waals surface area (Å²) in [5, 5.41) is 11.0. The van der Waals surface area contributed by atoms with Crippen LogP contribution in [0.3, 0.4) is 0 Å². The van der Waals surface area contributed by atoms with Crippen molar-refractivity contribution < 1.29 is 19.2 Å². The summed E-state index contributed by atoms with van der Waals surface area (Å²) in [6, 6.07) is 21.6. The predicted molar refractivity (Wildman–Crippen MR) is 147 cm³/mol. The fraction of sp³-hybridized carbons (Fsp3) is 0.138. The maximum Gasteiger partial charge on any atom is 0.338 e. The lowest BCUT2D eigenvalue weighted by Crippen LogP contribution is -2.40. The molecule has 0 aliphatic carbocycles. The van der Waals surface area contributed by atoms with E-state index in [1.165, 1.54) is 28.0 Å². The van der Waals surface area contributed by atoms with Gasteiger partial charge in [-0.25, -0.2) is 9.79 Å². The van der Waals surface area contributed by atoms with Crippen LogP contribution in [0.15, 0.2) is 94.2 Å². The average Bonchev–Trinajstić information content (AvgIpc) is 3.27. The summed E-state index contributed by atoms with van der Waals surface area (Å²) in [5.74, 6) is 0.0693. The Morgan fingerprint density at radius 2 is 1.77 bits per heavy atom. The first-order valence-corrected chi connectivity index (χ1v) is 12.9. The molecule has 10 heteroatoms. The number of esters is 1. The molecule has 0 unspecified atom stereocenters. The molecule has 0 radical (unpaired) electrons. The lowest BCUT2D eigenvalue weighted by Gasteiger charge is -2.26. The smallest absolute Gasteiger partial charge is 0.338 e. The second kappa shape index (κ2) is 10.9. The van der Waals surface area contributed by atoms with Crippen LogP contribution in [0.1, 0.15) is 29.7 Å². The van der Waals surface area contributed by atoms with Crippen LogP contribution in [0.4, 0.5) is 5.69 Å². The van der Waals surface area contributed by atoms with E-state index < -0.39 is 16.9 Å². The largest absolute Gasteiger partial charge is 0.497 e. The van der Waals surface area contributed by atoms with Gasteiger partial charge in [-0.1, -0.05) is 53.8 Å². The van der Waals surface area contributed by atoms with Gasteiger partial charge in [-0.15, -0.1) is 0 Å². The summed E-state index contributed by atoms with van der Waals surface area (Å²) >= 11 is 1.18. The summed E-state index contributed by atoms with van der Waals surface area (Å²) in [4.78, 5) is 43.1. The Bertz CT molecular complexity index is 1750. The van der Waals surface area contributed by atoms with Crippen LogP contribution < -0.4 is 19.6 Å². The van der Waals surface area contributed by atoms with Gasteiger partial charge in [0.2, 0.25) is 0 Å². The van der Waals surface area contributed by atoms with E-state index in [4.69, 9.17) is 14.5 Å². The van der Waals surface area contributed by atoms with E-state index in [0.717, 1.165) is 0 Å². The Kier molecular flexibility index (Phi) is 7.20. The van der Waals surface area contributed by atoms with E-state index in [-0.39, 0.29) is 23.4 Å². The molecule has 0 saturated carbocycles. The number of nitro groups is 1. The van der Waals surface area contributed by atoms with Crippen molar-refractivity contribution in [2.24, 2.45) is 4.99 Å². The zero-order valence-electron chi connectivity index (χ0n) is 21.1. The Balaban J connectivity index is 1.78. The van der Waals surface area contributed by atoms with Crippen molar-refractivity contribution in [1.29, 1.82) is 0 Å². The third-order valence-electron chi connectivity index (χ3n) is 6.21. The molecule has 9 nitrogen and oxygen atoms in total. The van der Waals surface area contributed by atoms with E-state index in [0.29, 0.717) is 37.5 Å². The van der Waals surface area contributed by atoms with E-state index >= 15 is 0 Å². The number of hydrogen-bond acceptors (Lipinski definition) is 8. The van der Waals surface area contributed by atoms with Crippen molar-refractivity contribution in [2.75, 3.05) is 13.7 Å². The average molecular weight is 542 g/mol. The lowest BCUT2D eigenvalue weighted by atomic mass is 9.93. The lowest BCUT2D eigenvalue weighted by molar-refractivity contribution is -0.384. The van der Waals surface area contributed by atoms with Crippen LogP contribution in [0.2, 0.25) is 0 Å². The van der Waals surface area contributed by atoms with Gasteiger partial charge in [0.1, 0.15) is 5.75 Å². The second-order valence-electron chi connectivity index (χ2n) is 8.55. The third kappa shape index (κ3) is 5.01. The summed E-state index contributed by atoms with van der Waals surface area (Å²) in [5.41, 5.74) is 2.32. The van der Waals surface area contributed by atoms with Crippen LogP contribution in [0.5, 0.6) is 5.75 Å². The molecule has 0 fully saturated rings. The summed E-state index contributed by atoms with van der Waals surface area (Å²) in [6.45, 7) is 1.88. The SMILES string of the molecule is CCOC(=O)C1=C(c2ccccc2)N=c2s/c(=C\c3ccc([N+](=O)[O-])cc3)c(=O)n2[C@@H]1c1ccc(OC)cc1. The first-order chi connectivity index (χ1) is 18.9. The molecule has 1 aromatic heterocycles. The molecule has 0 N–H and O–H groups in total. The molecule has 4 aromatic rings. The Hall–Kier alpha value is -4.83. The van der Waals surface area contributed by atoms with E-state index in [1.54, 1.807) is 44.4 Å². The molecule has 0 spiro atoms. The topological polar surface area (TPSA) is 113 Å². The van der Waals surface area contributed by atoms with Crippen molar-refractivity contribution in [1.82, 2.24) is 4.57 Å². The van der Waals surface area contributed by atoms with Gasteiger partial charge in [0.05, 0.1) is 40.5 Å². The number of carbonyl (C=O) groups is 1. The molecule has 3 aromatic carbocycles. The number of thiazole rings is 1. The number of ether oxygens (including phenoxy) is 2. The fourth-order valence-corrected chi connectivity index (χ4v) is 5.39. The molecule has 5 rings (SSSR count). The Morgan fingerprint density at radius 3 is 2.38 bits per heavy atom. The molecule has 39 heavy (non-hydrogen) atoms. The second-order valence-corrected chi connectivity index (χ2v) is 9.56. The molecule has 196 valence electrons. The van der Waals surface area contributed by atoms with Crippen LogP contribution in [-0.4, -0.2) is 29.2 Å². The molecular weight excluding hydrogens is 518 g/mol. The predicted octanol–water partition coefficient (Wildman–Crippen LogP) is 3.85. The van der Waals surface area contributed by atoms with E-state index in [2.05, 4.69) is 0 Å². The minimum absolute atomic E-state index is 0.0419. The number of hydrogen-bond donors (Lipinski definition) is 0. The molecule has 0 bridgehead atoms. The maximum absolute atomic E-state index is 13.8. The fourth-order valence-electron chi connectivity index (χ4n) is 4.39. The third-order valence-corrected chi connectivity index (χ3v) is 7.19. The number of nitro benzene ring substituents is 1. The van der Waals surface area contributed by atoms with Gasteiger partial charge in [-0.05, 0) is 48.4 Å². The van der Waals surface area contributed by atoms with Crippen LogP contribution in [-0.2, 0) is 9.53 Å². The molecule has 2 heterocycles. The Labute approximate surface area is 226 Å². The van der Waals surface area contributed by atoms with Gasteiger partial charge in [0.15, 0.2) is 4.80 Å². The molecule has 0 amide bonds. The number of aromatic nitrogens is 1. The van der Waals surface area contributed by atoms with E-state index in [1.807, 2.05) is 42.5 Å². The summed E-state index contributed by atoms with van der Waals surface area (Å²) in [6.07, 6.45) is 1.66. The van der Waals surface area contributed by atoms with Crippen LogP contribution in [0.25, 0.3) is 11.8 Å². The van der Waals surface area contributed by atoms with E-state index in [9.17, 15) is 19.7 Å². The number of carbonyl (C=O) groups excluding carboxylic acids is 1.